The number of amides is 1. The van der Waals surface area contributed by atoms with Gasteiger partial charge in [-0.25, -0.2) is 0 Å². The van der Waals surface area contributed by atoms with Gasteiger partial charge >= 0.3 is 0 Å². The van der Waals surface area contributed by atoms with Gasteiger partial charge in [0.1, 0.15) is 0 Å². The molecule has 1 amide bonds. The third kappa shape index (κ3) is 5.91. The Bertz CT molecular complexity index is 760. The third-order valence-electron chi connectivity index (χ3n) is 3.50. The smallest absolute Gasteiger partial charge is 0.221 e. The van der Waals surface area contributed by atoms with Crippen molar-refractivity contribution in [2.24, 2.45) is 10.2 Å². The number of hydrogen-bond acceptors (Lipinski definition) is 6. The Hall–Kier alpha value is -2.29. The molecule has 2 aromatic carbocycles. The number of benzene rings is 2. The summed E-state index contributed by atoms with van der Waals surface area (Å²) < 4.78 is 0.759. The number of halogens is 1. The van der Waals surface area contributed by atoms with E-state index < -0.39 is 0 Å². The summed E-state index contributed by atoms with van der Waals surface area (Å²) in [4.78, 5) is 12.9. The molecule has 0 fully saturated rings. The lowest BCUT2D eigenvalue weighted by atomic mass is 10.2. The van der Waals surface area contributed by atoms with Gasteiger partial charge in [-0.05, 0) is 58.4 Å². The van der Waals surface area contributed by atoms with Gasteiger partial charge in [0.05, 0.1) is 24.6 Å². The maximum absolute atomic E-state index is 11.0. The lowest BCUT2D eigenvalue weighted by Crippen LogP contribution is -2.29. The maximum atomic E-state index is 11.0. The van der Waals surface area contributed by atoms with Gasteiger partial charge in [0.15, 0.2) is 0 Å². The molecule has 26 heavy (non-hydrogen) atoms. The molecule has 0 unspecified atom stereocenters. The van der Waals surface area contributed by atoms with Crippen molar-refractivity contribution in [3.8, 4) is 0 Å². The van der Waals surface area contributed by atoms with Crippen molar-refractivity contribution in [1.29, 1.82) is 0 Å². The van der Waals surface area contributed by atoms with Crippen LogP contribution in [-0.4, -0.2) is 42.4 Å². The quantitative estimate of drug-likeness (QED) is 0.568. The van der Waals surface area contributed by atoms with E-state index in [0.717, 1.165) is 10.2 Å². The largest absolute Gasteiger partial charge is 0.395 e. The Kier molecular flexibility index (Phi) is 7.71. The fourth-order valence-electron chi connectivity index (χ4n) is 2.31. The molecule has 0 aromatic heterocycles. The van der Waals surface area contributed by atoms with E-state index in [1.807, 2.05) is 23.1 Å². The number of rotatable bonds is 8. The molecule has 3 N–H and O–H groups in total. The van der Waals surface area contributed by atoms with Gasteiger partial charge in [-0.1, -0.05) is 0 Å². The van der Waals surface area contributed by atoms with Gasteiger partial charge in [0.2, 0.25) is 5.91 Å². The molecule has 8 heteroatoms. The normalized spacial score (nSPS) is 10.9. The molecule has 0 bridgehead atoms. The van der Waals surface area contributed by atoms with Crippen LogP contribution < -0.4 is 10.2 Å². The number of nitrogens with one attached hydrogen (secondary N) is 1. The van der Waals surface area contributed by atoms with Crippen LogP contribution in [0.25, 0.3) is 0 Å². The summed E-state index contributed by atoms with van der Waals surface area (Å²) in [6, 6.07) is 12.6. The Morgan fingerprint density at radius 1 is 1.08 bits per heavy atom. The standard InChI is InChI=1S/C18H21BrN4O3/c1-13(26)20-14-2-4-15(5-3-14)21-22-18-7-6-16(12-17(18)19)23(8-10-24)9-11-25/h2-7,12,24-25H,8-11H2,1H3,(H,20,26)/b22-21+. The van der Waals surface area contributed by atoms with Crippen LogP contribution in [0.2, 0.25) is 0 Å². The highest BCUT2D eigenvalue weighted by molar-refractivity contribution is 9.10. The molecule has 0 aliphatic carbocycles. The zero-order valence-electron chi connectivity index (χ0n) is 14.4. The summed E-state index contributed by atoms with van der Waals surface area (Å²) in [5.41, 5.74) is 2.90. The van der Waals surface area contributed by atoms with Gasteiger partial charge in [-0.3, -0.25) is 4.79 Å². The predicted molar refractivity (Wildman–Crippen MR) is 105 cm³/mol. The van der Waals surface area contributed by atoms with Crippen molar-refractivity contribution < 1.29 is 15.0 Å². The number of aliphatic hydroxyl groups is 2. The lowest BCUT2D eigenvalue weighted by Gasteiger charge is -2.23. The van der Waals surface area contributed by atoms with Gasteiger partial charge in [0, 0.05) is 35.9 Å². The van der Waals surface area contributed by atoms with Crippen LogP contribution in [0.15, 0.2) is 57.2 Å². The van der Waals surface area contributed by atoms with Crippen molar-refractivity contribution in [2.45, 2.75) is 6.92 Å². The first-order valence-corrected chi connectivity index (χ1v) is 8.88. The second kappa shape index (κ2) is 10.0. The molecule has 0 saturated heterocycles. The maximum Gasteiger partial charge on any atom is 0.221 e. The molecule has 0 aliphatic heterocycles. The van der Waals surface area contributed by atoms with E-state index in [1.54, 1.807) is 24.3 Å². The van der Waals surface area contributed by atoms with Crippen molar-refractivity contribution in [2.75, 3.05) is 36.5 Å². The number of nitrogens with zero attached hydrogens (tertiary/aromatic N) is 3. The average Bonchev–Trinajstić information content (AvgIpc) is 2.61. The molecule has 0 spiro atoms. The molecule has 0 radical (unpaired) electrons. The van der Waals surface area contributed by atoms with E-state index in [4.69, 9.17) is 10.2 Å². The third-order valence-corrected chi connectivity index (χ3v) is 4.13. The average molecular weight is 421 g/mol. The highest BCUT2D eigenvalue weighted by atomic mass is 79.9. The van der Waals surface area contributed by atoms with Gasteiger partial charge < -0.3 is 20.4 Å². The summed E-state index contributed by atoms with van der Waals surface area (Å²) in [7, 11) is 0. The predicted octanol–water partition coefficient (Wildman–Crippen LogP) is 3.61. The number of aliphatic hydroxyl groups excluding tert-OH is 2. The summed E-state index contributed by atoms with van der Waals surface area (Å²) in [5.74, 6) is -0.125. The first-order valence-electron chi connectivity index (χ1n) is 8.09. The summed E-state index contributed by atoms with van der Waals surface area (Å²) >= 11 is 3.48. The second-order valence-corrected chi connectivity index (χ2v) is 6.35. The van der Waals surface area contributed by atoms with Gasteiger partial charge in [0.25, 0.3) is 0 Å². The van der Waals surface area contributed by atoms with Gasteiger partial charge in [-0.15, -0.1) is 5.11 Å². The fraction of sp³-hybridized carbons (Fsp3) is 0.278. The zero-order chi connectivity index (χ0) is 18.9. The van der Waals surface area contributed by atoms with Crippen LogP contribution in [0.5, 0.6) is 0 Å². The molecule has 0 saturated carbocycles. The Morgan fingerprint density at radius 3 is 2.27 bits per heavy atom. The van der Waals surface area contributed by atoms with E-state index in [1.165, 1.54) is 6.92 Å². The van der Waals surface area contributed by atoms with Crippen molar-refractivity contribution in [3.05, 3.63) is 46.9 Å². The highest BCUT2D eigenvalue weighted by Crippen LogP contribution is 2.31. The van der Waals surface area contributed by atoms with Crippen LogP contribution in [0, 0.1) is 0 Å². The first-order chi connectivity index (χ1) is 12.5. The van der Waals surface area contributed by atoms with Crippen molar-refractivity contribution in [1.82, 2.24) is 0 Å². The van der Waals surface area contributed by atoms with Crippen LogP contribution in [0.1, 0.15) is 6.92 Å². The Balaban J connectivity index is 2.11. The Morgan fingerprint density at radius 2 is 1.73 bits per heavy atom. The molecule has 138 valence electrons. The topological polar surface area (TPSA) is 97.5 Å². The number of carbonyl (C=O) groups is 1. The van der Waals surface area contributed by atoms with Crippen molar-refractivity contribution in [3.63, 3.8) is 0 Å². The second-order valence-electron chi connectivity index (χ2n) is 5.50. The molecule has 0 atom stereocenters. The monoisotopic (exact) mass is 420 g/mol. The SMILES string of the molecule is CC(=O)Nc1ccc(/N=N/c2ccc(N(CCO)CCO)cc2Br)cc1. The summed E-state index contributed by atoms with van der Waals surface area (Å²) in [6.45, 7) is 2.35. The van der Waals surface area contributed by atoms with Crippen molar-refractivity contribution >= 4 is 44.6 Å². The molecular weight excluding hydrogens is 400 g/mol. The Labute approximate surface area is 160 Å². The number of carbonyl (C=O) groups excluding carboxylic acids is 1. The van der Waals surface area contributed by atoms with E-state index in [9.17, 15) is 4.79 Å². The van der Waals surface area contributed by atoms with Crippen LogP contribution >= 0.6 is 15.9 Å². The minimum absolute atomic E-state index is 0.00750. The first kappa shape index (κ1) is 20.0. The summed E-state index contributed by atoms with van der Waals surface area (Å²) in [5, 5.41) is 29.4. The number of hydrogen-bond donors (Lipinski definition) is 3. The molecule has 2 rings (SSSR count). The zero-order valence-corrected chi connectivity index (χ0v) is 16.0. The van der Waals surface area contributed by atoms with E-state index in [2.05, 4.69) is 31.5 Å². The molecular formula is C18H21BrN4O3. The molecule has 0 heterocycles. The highest BCUT2D eigenvalue weighted by Gasteiger charge is 2.08. The van der Waals surface area contributed by atoms with E-state index >= 15 is 0 Å². The van der Waals surface area contributed by atoms with Crippen LogP contribution in [0.3, 0.4) is 0 Å². The van der Waals surface area contributed by atoms with E-state index in [0.29, 0.717) is 30.2 Å². The number of anilines is 2. The number of azo groups is 1. The minimum Gasteiger partial charge on any atom is -0.395 e. The van der Waals surface area contributed by atoms with Crippen LogP contribution in [0.4, 0.5) is 22.7 Å². The van der Waals surface area contributed by atoms with Crippen LogP contribution in [-0.2, 0) is 4.79 Å². The fourth-order valence-corrected chi connectivity index (χ4v) is 2.76. The molecule has 2 aromatic rings. The molecule has 0 aliphatic rings. The minimum atomic E-state index is -0.125. The molecule has 7 nitrogen and oxygen atoms in total. The van der Waals surface area contributed by atoms with Gasteiger partial charge in [-0.2, -0.15) is 5.11 Å². The lowest BCUT2D eigenvalue weighted by molar-refractivity contribution is -0.114. The van der Waals surface area contributed by atoms with E-state index in [-0.39, 0.29) is 19.1 Å². The summed E-state index contributed by atoms with van der Waals surface area (Å²) in [6.07, 6.45) is 0.